The highest BCUT2D eigenvalue weighted by Crippen LogP contribution is 2.37. The minimum Gasteiger partial charge on any atom is -0.485 e. The van der Waals surface area contributed by atoms with Crippen LogP contribution in [-0.2, 0) is 4.79 Å². The second-order valence-electron chi connectivity index (χ2n) is 6.79. The molecule has 6 heteroatoms. The van der Waals surface area contributed by atoms with Gasteiger partial charge in [-0.1, -0.05) is 53.8 Å². The number of anilines is 2. The van der Waals surface area contributed by atoms with Gasteiger partial charge in [0.1, 0.15) is 6.61 Å². The maximum Gasteiger partial charge on any atom is 0.278 e. The molecule has 1 aliphatic rings. The first-order valence-electron chi connectivity index (χ1n) is 9.34. The zero-order valence-corrected chi connectivity index (χ0v) is 16.6. The molecule has 1 atom stereocenters. The largest absolute Gasteiger partial charge is 0.485 e. The Labute approximate surface area is 172 Å². The van der Waals surface area contributed by atoms with Crippen LogP contribution in [-0.4, -0.2) is 23.6 Å². The fraction of sp³-hybridized carbons (Fsp3) is 0.130. The fourth-order valence-corrected chi connectivity index (χ4v) is 4.36. The number of rotatable bonds is 3. The molecule has 29 heavy (non-hydrogen) atoms. The molecule has 1 amide bonds. The van der Waals surface area contributed by atoms with Crippen LogP contribution < -0.4 is 14.4 Å². The molecule has 0 aliphatic carbocycles. The summed E-state index contributed by atoms with van der Waals surface area (Å²) in [5.74, 6) is 1.03. The van der Waals surface area contributed by atoms with E-state index in [4.69, 9.17) is 14.5 Å². The summed E-state index contributed by atoms with van der Waals surface area (Å²) in [5, 5.41) is 0.618. The van der Waals surface area contributed by atoms with Crippen LogP contribution in [0.4, 0.5) is 10.8 Å². The van der Waals surface area contributed by atoms with E-state index in [1.54, 1.807) is 4.90 Å². The van der Waals surface area contributed by atoms with E-state index in [-0.39, 0.29) is 12.5 Å². The van der Waals surface area contributed by atoms with Gasteiger partial charge in [0.15, 0.2) is 16.6 Å². The average molecular weight is 402 g/mol. The van der Waals surface area contributed by atoms with Gasteiger partial charge in [-0.25, -0.2) is 4.98 Å². The van der Waals surface area contributed by atoms with E-state index in [2.05, 4.69) is 0 Å². The number of hydrogen-bond donors (Lipinski definition) is 0. The average Bonchev–Trinajstić information content (AvgIpc) is 3.18. The van der Waals surface area contributed by atoms with Crippen molar-refractivity contribution in [3.05, 3.63) is 78.4 Å². The second-order valence-corrected chi connectivity index (χ2v) is 7.80. The van der Waals surface area contributed by atoms with Gasteiger partial charge in [0.05, 0.1) is 15.9 Å². The lowest BCUT2D eigenvalue weighted by molar-refractivity contribution is -0.126. The van der Waals surface area contributed by atoms with Crippen molar-refractivity contribution in [3.8, 4) is 11.5 Å². The van der Waals surface area contributed by atoms with Crippen molar-refractivity contribution in [2.75, 3.05) is 11.5 Å². The number of hydrogen-bond acceptors (Lipinski definition) is 5. The first-order valence-corrected chi connectivity index (χ1v) is 10.2. The maximum absolute atomic E-state index is 13.6. The molecule has 5 rings (SSSR count). The number of amides is 1. The van der Waals surface area contributed by atoms with Crippen LogP contribution in [0.2, 0.25) is 0 Å². The lowest BCUT2D eigenvalue weighted by atomic mass is 10.1. The normalized spacial score (nSPS) is 15.3. The van der Waals surface area contributed by atoms with Crippen molar-refractivity contribution in [2.45, 2.75) is 13.0 Å². The van der Waals surface area contributed by atoms with Gasteiger partial charge < -0.3 is 9.47 Å². The number of carbonyl (C=O) groups is 1. The standard InChI is InChI=1S/C23H18N2O3S/c1-15-8-2-4-10-17(15)25(23-24-16-9-3-7-13-21(16)29-23)22(26)20-14-27-18-11-5-6-12-19(18)28-20/h2-13,20H,14H2,1H3/t20-/m1/s1. The van der Waals surface area contributed by atoms with E-state index in [0.29, 0.717) is 16.6 Å². The van der Waals surface area contributed by atoms with E-state index in [9.17, 15) is 4.79 Å². The minimum absolute atomic E-state index is 0.156. The maximum atomic E-state index is 13.6. The monoisotopic (exact) mass is 402 g/mol. The Hall–Kier alpha value is -3.38. The van der Waals surface area contributed by atoms with Crippen molar-refractivity contribution in [1.29, 1.82) is 0 Å². The zero-order chi connectivity index (χ0) is 19.8. The van der Waals surface area contributed by atoms with Crippen LogP contribution >= 0.6 is 11.3 Å². The lowest BCUT2D eigenvalue weighted by Crippen LogP contribution is -2.44. The van der Waals surface area contributed by atoms with Gasteiger partial charge in [-0.2, -0.15) is 0 Å². The Bertz CT molecular complexity index is 1170. The van der Waals surface area contributed by atoms with E-state index >= 15 is 0 Å². The second kappa shape index (κ2) is 7.22. The minimum atomic E-state index is -0.753. The molecule has 0 saturated carbocycles. The van der Waals surface area contributed by atoms with Gasteiger partial charge >= 0.3 is 0 Å². The summed E-state index contributed by atoms with van der Waals surface area (Å²) in [5.41, 5.74) is 2.64. The molecule has 0 radical (unpaired) electrons. The van der Waals surface area contributed by atoms with Crippen LogP contribution in [0.15, 0.2) is 72.8 Å². The number of aromatic nitrogens is 1. The summed E-state index contributed by atoms with van der Waals surface area (Å²) in [7, 11) is 0. The molecule has 0 spiro atoms. The quantitative estimate of drug-likeness (QED) is 0.478. The third-order valence-corrected chi connectivity index (χ3v) is 5.86. The molecular formula is C23H18N2O3S. The first kappa shape index (κ1) is 17.7. The van der Waals surface area contributed by atoms with E-state index < -0.39 is 6.10 Å². The highest BCUT2D eigenvalue weighted by Gasteiger charge is 2.34. The molecule has 0 unspecified atom stereocenters. The van der Waals surface area contributed by atoms with Gasteiger partial charge in [-0.3, -0.25) is 9.69 Å². The smallest absolute Gasteiger partial charge is 0.278 e. The molecule has 144 valence electrons. The van der Waals surface area contributed by atoms with Crippen LogP contribution in [0.3, 0.4) is 0 Å². The topological polar surface area (TPSA) is 51.7 Å². The molecule has 0 bridgehead atoms. The molecule has 0 N–H and O–H groups in total. The third kappa shape index (κ3) is 3.21. The summed E-state index contributed by atoms with van der Waals surface area (Å²) in [6.07, 6.45) is -0.753. The van der Waals surface area contributed by atoms with E-state index in [0.717, 1.165) is 21.5 Å². The van der Waals surface area contributed by atoms with Crippen LogP contribution in [0.25, 0.3) is 10.2 Å². The van der Waals surface area contributed by atoms with E-state index in [1.165, 1.54) is 11.3 Å². The fourth-order valence-electron chi connectivity index (χ4n) is 3.37. The number of para-hydroxylation sites is 4. The molecule has 5 nitrogen and oxygen atoms in total. The van der Waals surface area contributed by atoms with Crippen molar-refractivity contribution >= 4 is 38.3 Å². The Balaban J connectivity index is 1.57. The molecule has 4 aromatic rings. The Morgan fingerprint density at radius 1 is 1.00 bits per heavy atom. The Morgan fingerprint density at radius 3 is 2.55 bits per heavy atom. The number of ether oxygens (including phenoxy) is 2. The number of nitrogens with zero attached hydrogens (tertiary/aromatic N) is 2. The summed E-state index contributed by atoms with van der Waals surface area (Å²) in [6.45, 7) is 2.14. The van der Waals surface area contributed by atoms with E-state index in [1.807, 2.05) is 79.7 Å². The molecule has 3 aromatic carbocycles. The summed E-state index contributed by atoms with van der Waals surface area (Å²) in [4.78, 5) is 20.0. The molecule has 0 fully saturated rings. The highest BCUT2D eigenvalue weighted by atomic mass is 32.1. The van der Waals surface area contributed by atoms with Gasteiger partial charge in [-0.05, 0) is 42.8 Å². The third-order valence-electron chi connectivity index (χ3n) is 4.83. The summed E-state index contributed by atoms with van der Waals surface area (Å²) < 4.78 is 12.8. The predicted octanol–water partition coefficient (Wildman–Crippen LogP) is 5.11. The van der Waals surface area contributed by atoms with Crippen LogP contribution in [0.1, 0.15) is 5.56 Å². The predicted molar refractivity (Wildman–Crippen MR) is 114 cm³/mol. The molecule has 2 heterocycles. The number of carbonyl (C=O) groups excluding carboxylic acids is 1. The van der Waals surface area contributed by atoms with Crippen molar-refractivity contribution in [2.24, 2.45) is 0 Å². The molecule has 1 aliphatic heterocycles. The molecule has 1 aromatic heterocycles. The lowest BCUT2D eigenvalue weighted by Gasteiger charge is -2.30. The van der Waals surface area contributed by atoms with Crippen molar-refractivity contribution in [1.82, 2.24) is 4.98 Å². The van der Waals surface area contributed by atoms with Crippen LogP contribution in [0.5, 0.6) is 11.5 Å². The van der Waals surface area contributed by atoms with Gasteiger partial charge in [0.2, 0.25) is 6.10 Å². The Kier molecular flexibility index (Phi) is 4.41. The van der Waals surface area contributed by atoms with Gasteiger partial charge in [0, 0.05) is 0 Å². The number of benzene rings is 3. The number of fused-ring (bicyclic) bond motifs is 2. The highest BCUT2D eigenvalue weighted by molar-refractivity contribution is 7.22. The first-order chi connectivity index (χ1) is 14.2. The van der Waals surface area contributed by atoms with Crippen molar-refractivity contribution in [3.63, 3.8) is 0 Å². The number of aryl methyl sites for hydroxylation is 1. The van der Waals surface area contributed by atoms with Crippen molar-refractivity contribution < 1.29 is 14.3 Å². The van der Waals surface area contributed by atoms with Crippen LogP contribution in [0, 0.1) is 6.92 Å². The summed E-state index contributed by atoms with van der Waals surface area (Å²) >= 11 is 1.48. The summed E-state index contributed by atoms with van der Waals surface area (Å²) in [6, 6.07) is 23.0. The number of thiazole rings is 1. The SMILES string of the molecule is Cc1ccccc1N(C(=O)[C@H]1COc2ccccc2O1)c1nc2ccccc2s1. The Morgan fingerprint density at radius 2 is 1.72 bits per heavy atom. The van der Waals surface area contributed by atoms with Gasteiger partial charge in [-0.15, -0.1) is 0 Å². The molecule has 0 saturated heterocycles. The molecular weight excluding hydrogens is 384 g/mol. The van der Waals surface area contributed by atoms with Gasteiger partial charge in [0.25, 0.3) is 5.91 Å². The zero-order valence-electron chi connectivity index (χ0n) is 15.7.